The van der Waals surface area contributed by atoms with Gasteiger partial charge < -0.3 is 10.1 Å². The fraction of sp³-hybridized carbons (Fsp3) is 0.769. The van der Waals surface area contributed by atoms with E-state index in [0.29, 0.717) is 0 Å². The zero-order valence-corrected chi connectivity index (χ0v) is 11.5. The molecule has 4 heteroatoms. The number of aryl methyl sites for hydroxylation is 1. The van der Waals surface area contributed by atoms with Crippen molar-refractivity contribution < 1.29 is 4.74 Å². The minimum atomic E-state index is -0.0768. The second kappa shape index (κ2) is 6.77. The molecule has 0 saturated heterocycles. The Bertz CT molecular complexity index is 320. The number of rotatable bonds is 8. The molecule has 0 aliphatic rings. The molecule has 0 saturated carbocycles. The van der Waals surface area contributed by atoms with Gasteiger partial charge in [0.2, 0.25) is 0 Å². The second-order valence-corrected chi connectivity index (χ2v) is 5.00. The second-order valence-electron chi connectivity index (χ2n) is 5.00. The summed E-state index contributed by atoms with van der Waals surface area (Å²) in [5.74, 6) is 0. The molecule has 17 heavy (non-hydrogen) atoms. The average molecular weight is 239 g/mol. The normalized spacial score (nSPS) is 12.0. The van der Waals surface area contributed by atoms with Crippen molar-refractivity contribution in [2.24, 2.45) is 0 Å². The molecular formula is C13H25N3O. The van der Waals surface area contributed by atoms with Crippen molar-refractivity contribution in [3.05, 3.63) is 18.0 Å². The Morgan fingerprint density at radius 2 is 2.24 bits per heavy atom. The fourth-order valence-corrected chi connectivity index (χ4v) is 1.52. The average Bonchev–Trinajstić information content (AvgIpc) is 2.75. The summed E-state index contributed by atoms with van der Waals surface area (Å²) in [6.45, 7) is 9.22. The van der Waals surface area contributed by atoms with E-state index in [4.69, 9.17) is 4.74 Å². The van der Waals surface area contributed by atoms with E-state index in [0.717, 1.165) is 32.5 Å². The molecule has 98 valence electrons. The molecule has 0 atom stereocenters. The Morgan fingerprint density at radius 3 is 2.88 bits per heavy atom. The van der Waals surface area contributed by atoms with Crippen LogP contribution in [-0.2, 0) is 17.8 Å². The van der Waals surface area contributed by atoms with E-state index >= 15 is 0 Å². The first-order chi connectivity index (χ1) is 8.07. The van der Waals surface area contributed by atoms with Gasteiger partial charge in [0, 0.05) is 32.0 Å². The fourth-order valence-electron chi connectivity index (χ4n) is 1.52. The van der Waals surface area contributed by atoms with Gasteiger partial charge in [-0.1, -0.05) is 6.92 Å². The van der Waals surface area contributed by atoms with E-state index < -0.39 is 0 Å². The van der Waals surface area contributed by atoms with Crippen molar-refractivity contribution in [2.45, 2.75) is 52.3 Å². The molecule has 0 radical (unpaired) electrons. The van der Waals surface area contributed by atoms with Crippen LogP contribution in [0.3, 0.4) is 0 Å². The van der Waals surface area contributed by atoms with Crippen molar-refractivity contribution in [1.82, 2.24) is 15.1 Å². The van der Waals surface area contributed by atoms with Gasteiger partial charge in [-0.2, -0.15) is 5.10 Å². The predicted molar refractivity (Wildman–Crippen MR) is 69.9 cm³/mol. The Balaban J connectivity index is 2.35. The lowest BCUT2D eigenvalue weighted by Crippen LogP contribution is -2.24. The van der Waals surface area contributed by atoms with Crippen LogP contribution in [0.25, 0.3) is 0 Å². The van der Waals surface area contributed by atoms with Gasteiger partial charge in [0.25, 0.3) is 0 Å². The molecule has 0 aliphatic heterocycles. The lowest BCUT2D eigenvalue weighted by molar-refractivity contribution is 0.0113. The first-order valence-corrected chi connectivity index (χ1v) is 6.34. The number of nitrogens with one attached hydrogen (secondary N) is 1. The van der Waals surface area contributed by atoms with E-state index in [-0.39, 0.29) is 5.60 Å². The lowest BCUT2D eigenvalue weighted by Gasteiger charge is -2.22. The first-order valence-electron chi connectivity index (χ1n) is 6.34. The zero-order chi connectivity index (χ0) is 12.7. The number of nitrogens with zero attached hydrogens (tertiary/aromatic N) is 2. The number of hydrogen-bond acceptors (Lipinski definition) is 3. The highest BCUT2D eigenvalue weighted by molar-refractivity contribution is 5.03. The summed E-state index contributed by atoms with van der Waals surface area (Å²) in [5.41, 5.74) is 1.17. The highest BCUT2D eigenvalue weighted by atomic mass is 16.5. The smallest absolute Gasteiger partial charge is 0.0640 e. The highest BCUT2D eigenvalue weighted by Crippen LogP contribution is 2.13. The van der Waals surface area contributed by atoms with Crippen LogP contribution in [0.4, 0.5) is 0 Å². The molecule has 1 rings (SSSR count). The minimum absolute atomic E-state index is 0.0768. The van der Waals surface area contributed by atoms with Crippen LogP contribution in [0.15, 0.2) is 12.4 Å². The topological polar surface area (TPSA) is 39.1 Å². The summed E-state index contributed by atoms with van der Waals surface area (Å²) < 4.78 is 7.38. The monoisotopic (exact) mass is 239 g/mol. The van der Waals surface area contributed by atoms with Crippen LogP contribution in [-0.4, -0.2) is 29.0 Å². The predicted octanol–water partition coefficient (Wildman–Crippen LogP) is 2.20. The van der Waals surface area contributed by atoms with Crippen LogP contribution in [0.5, 0.6) is 0 Å². The van der Waals surface area contributed by atoms with Gasteiger partial charge >= 0.3 is 0 Å². The summed E-state index contributed by atoms with van der Waals surface area (Å²) in [6.07, 6.45) is 6.17. The van der Waals surface area contributed by atoms with E-state index in [9.17, 15) is 0 Å². The molecule has 1 aromatic rings. The van der Waals surface area contributed by atoms with Crippen LogP contribution >= 0.6 is 0 Å². The summed E-state index contributed by atoms with van der Waals surface area (Å²) in [5, 5.41) is 7.72. The molecule has 0 aliphatic carbocycles. The van der Waals surface area contributed by atoms with Gasteiger partial charge in [-0.25, -0.2) is 0 Å². The third kappa shape index (κ3) is 5.33. The number of methoxy groups -OCH3 is 1. The molecule has 0 aromatic carbocycles. The largest absolute Gasteiger partial charge is 0.379 e. The molecule has 0 unspecified atom stereocenters. The molecule has 0 bridgehead atoms. The summed E-state index contributed by atoms with van der Waals surface area (Å²) in [4.78, 5) is 0. The maximum Gasteiger partial charge on any atom is 0.0640 e. The van der Waals surface area contributed by atoms with Gasteiger partial charge in [-0.15, -0.1) is 0 Å². The van der Waals surface area contributed by atoms with Crippen molar-refractivity contribution in [3.63, 3.8) is 0 Å². The molecule has 0 fully saturated rings. The third-order valence-electron chi connectivity index (χ3n) is 2.94. The quantitative estimate of drug-likeness (QED) is 0.707. The van der Waals surface area contributed by atoms with Crippen LogP contribution in [0.2, 0.25) is 0 Å². The van der Waals surface area contributed by atoms with Crippen LogP contribution in [0, 0.1) is 0 Å². The maximum atomic E-state index is 5.39. The number of hydrogen-bond donors (Lipinski definition) is 1. The van der Waals surface area contributed by atoms with E-state index in [2.05, 4.69) is 37.4 Å². The van der Waals surface area contributed by atoms with Gasteiger partial charge in [0.15, 0.2) is 0 Å². The van der Waals surface area contributed by atoms with Crippen LogP contribution in [0.1, 0.15) is 39.2 Å². The van der Waals surface area contributed by atoms with Crippen molar-refractivity contribution in [3.8, 4) is 0 Å². The van der Waals surface area contributed by atoms with Crippen molar-refractivity contribution in [1.29, 1.82) is 0 Å². The van der Waals surface area contributed by atoms with Gasteiger partial charge in [0.05, 0.1) is 11.8 Å². The Labute approximate surface area is 104 Å². The first kappa shape index (κ1) is 14.2. The molecule has 0 amide bonds. The van der Waals surface area contributed by atoms with Crippen LogP contribution < -0.4 is 5.32 Å². The Morgan fingerprint density at radius 1 is 1.47 bits per heavy atom. The molecule has 1 aromatic heterocycles. The Kier molecular flexibility index (Phi) is 5.65. The highest BCUT2D eigenvalue weighted by Gasteiger charge is 2.15. The minimum Gasteiger partial charge on any atom is -0.379 e. The summed E-state index contributed by atoms with van der Waals surface area (Å²) in [6, 6.07) is 0. The summed E-state index contributed by atoms with van der Waals surface area (Å²) >= 11 is 0. The van der Waals surface area contributed by atoms with Gasteiger partial charge in [-0.05, 0) is 33.2 Å². The van der Waals surface area contributed by atoms with Crippen molar-refractivity contribution in [2.75, 3.05) is 13.7 Å². The molecule has 0 spiro atoms. The van der Waals surface area contributed by atoms with E-state index in [1.54, 1.807) is 7.11 Å². The van der Waals surface area contributed by atoms with Gasteiger partial charge in [0.1, 0.15) is 0 Å². The molecular weight excluding hydrogens is 214 g/mol. The van der Waals surface area contributed by atoms with Crippen molar-refractivity contribution >= 4 is 0 Å². The van der Waals surface area contributed by atoms with E-state index in [1.807, 2.05) is 10.9 Å². The SMILES string of the molecule is CCCNCc1cnn(CCC(C)(C)OC)c1. The standard InChI is InChI=1S/C13H25N3O/c1-5-7-14-9-12-10-15-16(11-12)8-6-13(2,3)17-4/h10-11,14H,5-9H2,1-4H3. The molecule has 1 heterocycles. The molecule has 1 N–H and O–H groups in total. The van der Waals surface area contributed by atoms with E-state index in [1.165, 1.54) is 5.56 Å². The van der Waals surface area contributed by atoms with Gasteiger partial charge in [-0.3, -0.25) is 4.68 Å². The zero-order valence-electron chi connectivity index (χ0n) is 11.5. The maximum absolute atomic E-state index is 5.39. The summed E-state index contributed by atoms with van der Waals surface area (Å²) in [7, 11) is 1.75. The molecule has 4 nitrogen and oxygen atoms in total. The lowest BCUT2D eigenvalue weighted by atomic mass is 10.1. The number of ether oxygens (including phenoxy) is 1. The number of aromatic nitrogens is 2. The third-order valence-corrected chi connectivity index (χ3v) is 2.94. The Hall–Kier alpha value is -0.870.